The van der Waals surface area contributed by atoms with Gasteiger partial charge in [0, 0.05) is 29.8 Å². The van der Waals surface area contributed by atoms with Crippen molar-refractivity contribution in [3.63, 3.8) is 0 Å². The van der Waals surface area contributed by atoms with Gasteiger partial charge < -0.3 is 14.9 Å². The zero-order valence-corrected chi connectivity index (χ0v) is 17.5. The van der Waals surface area contributed by atoms with Crippen molar-refractivity contribution in [3.05, 3.63) is 83.7 Å². The van der Waals surface area contributed by atoms with Crippen LogP contribution in [0.4, 0.5) is 4.39 Å². The molecule has 32 heavy (non-hydrogen) atoms. The number of aromatic nitrogens is 2. The maximum atomic E-state index is 14.1. The summed E-state index contributed by atoms with van der Waals surface area (Å²) in [5.41, 5.74) is 4.89. The highest BCUT2D eigenvalue weighted by atomic mass is 19.1. The van der Waals surface area contributed by atoms with Crippen LogP contribution in [0.1, 0.15) is 17.5 Å². The van der Waals surface area contributed by atoms with Crippen molar-refractivity contribution in [1.82, 2.24) is 15.5 Å². The van der Waals surface area contributed by atoms with Crippen LogP contribution in [0.25, 0.3) is 34.0 Å². The molecule has 7 heteroatoms. The number of halogens is 1. The Balaban J connectivity index is 1.47. The Hall–Kier alpha value is -3.84. The van der Waals surface area contributed by atoms with E-state index in [1.54, 1.807) is 12.1 Å². The first-order valence-corrected chi connectivity index (χ1v) is 10.2. The molecule has 4 rings (SSSR count). The van der Waals surface area contributed by atoms with Crippen LogP contribution in [-0.2, 0) is 11.3 Å². The topological polar surface area (TPSA) is 88.2 Å². The molecule has 6 nitrogen and oxygen atoms in total. The molecule has 1 heterocycles. The first kappa shape index (κ1) is 21.4. The van der Waals surface area contributed by atoms with E-state index in [0.29, 0.717) is 30.4 Å². The molecule has 2 N–H and O–H groups in total. The normalized spacial score (nSPS) is 10.9. The van der Waals surface area contributed by atoms with Gasteiger partial charge >= 0.3 is 5.97 Å². The minimum atomic E-state index is -0.821. The van der Waals surface area contributed by atoms with Gasteiger partial charge in [0.1, 0.15) is 5.82 Å². The second-order valence-electron chi connectivity index (χ2n) is 7.45. The van der Waals surface area contributed by atoms with Crippen molar-refractivity contribution in [2.45, 2.75) is 19.9 Å². The smallest absolute Gasteiger partial charge is 0.304 e. The standard InChI is InChI=1S/C25H22FN3O3/c1-16-14-19(10-11-20(16)21-4-2-3-5-22(21)26)25-28-24(29-32-25)18-8-6-17(7-9-18)15-27-13-12-23(30)31/h2-11,14,27H,12-13,15H2,1H3,(H,30,31). The summed E-state index contributed by atoms with van der Waals surface area (Å²) in [5.74, 6) is -0.217. The lowest BCUT2D eigenvalue weighted by Gasteiger charge is -2.08. The number of carboxylic acid groups (broad SMARTS) is 1. The summed E-state index contributed by atoms with van der Waals surface area (Å²) < 4.78 is 19.6. The fraction of sp³-hybridized carbons (Fsp3) is 0.160. The van der Waals surface area contributed by atoms with Crippen LogP contribution in [-0.4, -0.2) is 27.8 Å². The Morgan fingerprint density at radius 2 is 1.78 bits per heavy atom. The summed E-state index contributed by atoms with van der Waals surface area (Å²) in [6.07, 6.45) is 0.0878. The van der Waals surface area contributed by atoms with Gasteiger partial charge in [-0.1, -0.05) is 53.7 Å². The predicted molar refractivity (Wildman–Crippen MR) is 119 cm³/mol. The number of rotatable bonds is 8. The summed E-state index contributed by atoms with van der Waals surface area (Å²) in [4.78, 5) is 15.1. The number of aliphatic carboxylic acids is 1. The third-order valence-corrected chi connectivity index (χ3v) is 5.12. The van der Waals surface area contributed by atoms with Crippen molar-refractivity contribution >= 4 is 5.97 Å². The van der Waals surface area contributed by atoms with Gasteiger partial charge in [0.2, 0.25) is 5.82 Å². The molecule has 0 bridgehead atoms. The van der Waals surface area contributed by atoms with E-state index in [4.69, 9.17) is 9.63 Å². The van der Waals surface area contributed by atoms with E-state index in [1.807, 2.05) is 55.5 Å². The summed E-state index contributed by atoms with van der Waals surface area (Å²) in [7, 11) is 0. The van der Waals surface area contributed by atoms with Gasteiger partial charge in [0.15, 0.2) is 0 Å². The van der Waals surface area contributed by atoms with Crippen molar-refractivity contribution in [1.29, 1.82) is 0 Å². The lowest BCUT2D eigenvalue weighted by atomic mass is 9.98. The quantitative estimate of drug-likeness (QED) is 0.378. The number of aryl methyl sites for hydroxylation is 1. The maximum absolute atomic E-state index is 14.1. The summed E-state index contributed by atoms with van der Waals surface area (Å²) >= 11 is 0. The molecule has 4 aromatic rings. The van der Waals surface area contributed by atoms with Gasteiger partial charge in [-0.2, -0.15) is 4.98 Å². The average Bonchev–Trinajstić information content (AvgIpc) is 3.28. The Morgan fingerprint density at radius 3 is 2.50 bits per heavy atom. The monoisotopic (exact) mass is 431 g/mol. The third-order valence-electron chi connectivity index (χ3n) is 5.12. The van der Waals surface area contributed by atoms with Crippen molar-refractivity contribution in [3.8, 4) is 34.0 Å². The van der Waals surface area contributed by atoms with E-state index in [-0.39, 0.29) is 12.2 Å². The van der Waals surface area contributed by atoms with E-state index >= 15 is 0 Å². The second-order valence-corrected chi connectivity index (χ2v) is 7.45. The molecule has 3 aromatic carbocycles. The number of carbonyl (C=O) groups is 1. The van der Waals surface area contributed by atoms with E-state index in [2.05, 4.69) is 15.5 Å². The fourth-order valence-electron chi connectivity index (χ4n) is 3.44. The number of nitrogens with zero attached hydrogens (tertiary/aromatic N) is 2. The Morgan fingerprint density at radius 1 is 1.03 bits per heavy atom. The molecule has 0 fully saturated rings. The summed E-state index contributed by atoms with van der Waals surface area (Å²) in [6, 6.07) is 20.0. The molecule has 0 atom stereocenters. The molecule has 0 unspecified atom stereocenters. The second kappa shape index (κ2) is 9.53. The van der Waals surface area contributed by atoms with Crippen LogP contribution < -0.4 is 5.32 Å². The van der Waals surface area contributed by atoms with Gasteiger partial charge in [-0.05, 0) is 41.8 Å². The predicted octanol–water partition coefficient (Wildman–Crippen LogP) is 5.08. The highest BCUT2D eigenvalue weighted by molar-refractivity contribution is 5.72. The van der Waals surface area contributed by atoms with Gasteiger partial charge in [0.05, 0.1) is 6.42 Å². The Labute approximate surface area is 184 Å². The number of hydrogen-bond acceptors (Lipinski definition) is 5. The van der Waals surface area contributed by atoms with Gasteiger partial charge in [-0.25, -0.2) is 4.39 Å². The van der Waals surface area contributed by atoms with Crippen LogP contribution >= 0.6 is 0 Å². The fourth-order valence-corrected chi connectivity index (χ4v) is 3.44. The Kier molecular flexibility index (Phi) is 6.37. The number of carboxylic acids is 1. The molecule has 0 saturated heterocycles. The maximum Gasteiger partial charge on any atom is 0.304 e. The highest BCUT2D eigenvalue weighted by Crippen LogP contribution is 2.30. The lowest BCUT2D eigenvalue weighted by Crippen LogP contribution is -2.17. The first-order valence-electron chi connectivity index (χ1n) is 10.2. The van der Waals surface area contributed by atoms with E-state index < -0.39 is 5.97 Å². The number of benzene rings is 3. The number of nitrogens with one attached hydrogen (secondary N) is 1. The van der Waals surface area contributed by atoms with Crippen molar-refractivity contribution < 1.29 is 18.8 Å². The van der Waals surface area contributed by atoms with Crippen LogP contribution in [0.5, 0.6) is 0 Å². The number of hydrogen-bond donors (Lipinski definition) is 2. The molecule has 0 saturated carbocycles. The SMILES string of the molecule is Cc1cc(-c2nc(-c3ccc(CNCCC(=O)O)cc3)no2)ccc1-c1ccccc1F. The molecule has 0 aliphatic heterocycles. The van der Waals surface area contributed by atoms with Gasteiger partial charge in [-0.15, -0.1) is 0 Å². The van der Waals surface area contributed by atoms with E-state index in [0.717, 1.165) is 27.8 Å². The molecule has 0 radical (unpaired) electrons. The van der Waals surface area contributed by atoms with Gasteiger partial charge in [-0.3, -0.25) is 4.79 Å². The van der Waals surface area contributed by atoms with E-state index in [1.165, 1.54) is 6.07 Å². The summed E-state index contributed by atoms with van der Waals surface area (Å²) in [5, 5.41) is 15.8. The molecule has 1 aromatic heterocycles. The van der Waals surface area contributed by atoms with Crippen LogP contribution in [0, 0.1) is 12.7 Å². The Bertz CT molecular complexity index is 1240. The van der Waals surface area contributed by atoms with Crippen molar-refractivity contribution in [2.24, 2.45) is 0 Å². The third kappa shape index (κ3) is 4.90. The molecular weight excluding hydrogens is 409 g/mol. The van der Waals surface area contributed by atoms with Crippen molar-refractivity contribution in [2.75, 3.05) is 6.54 Å². The minimum absolute atomic E-state index is 0.0878. The molecule has 162 valence electrons. The van der Waals surface area contributed by atoms with E-state index in [9.17, 15) is 9.18 Å². The zero-order chi connectivity index (χ0) is 22.5. The molecule has 0 spiro atoms. The largest absolute Gasteiger partial charge is 0.481 e. The molecular formula is C25H22FN3O3. The molecule has 0 aliphatic rings. The highest BCUT2D eigenvalue weighted by Gasteiger charge is 2.13. The lowest BCUT2D eigenvalue weighted by molar-refractivity contribution is -0.136. The van der Waals surface area contributed by atoms with Crippen LogP contribution in [0.2, 0.25) is 0 Å². The van der Waals surface area contributed by atoms with Gasteiger partial charge in [0.25, 0.3) is 5.89 Å². The summed E-state index contributed by atoms with van der Waals surface area (Å²) in [6.45, 7) is 2.92. The molecule has 0 aliphatic carbocycles. The van der Waals surface area contributed by atoms with Crippen LogP contribution in [0.3, 0.4) is 0 Å². The molecule has 0 amide bonds. The first-order chi connectivity index (χ1) is 15.5. The minimum Gasteiger partial charge on any atom is -0.481 e. The van der Waals surface area contributed by atoms with Crippen LogP contribution in [0.15, 0.2) is 71.3 Å². The average molecular weight is 431 g/mol. The zero-order valence-electron chi connectivity index (χ0n) is 17.5.